The Balaban J connectivity index is 1.98. The SMILES string of the molecule is CC(=O)Nc1ccc(CC(=O)Nc2cccc(C(=O)O)c2)cc1. The van der Waals surface area contributed by atoms with Crippen LogP contribution in [0.5, 0.6) is 0 Å². The van der Waals surface area contributed by atoms with Crippen LogP contribution < -0.4 is 10.6 Å². The first-order valence-corrected chi connectivity index (χ1v) is 6.94. The molecule has 23 heavy (non-hydrogen) atoms. The van der Waals surface area contributed by atoms with E-state index in [2.05, 4.69) is 10.6 Å². The molecule has 0 aliphatic heterocycles. The fraction of sp³-hybridized carbons (Fsp3) is 0.118. The number of carbonyl (C=O) groups excluding carboxylic acids is 2. The third-order valence-corrected chi connectivity index (χ3v) is 3.03. The highest BCUT2D eigenvalue weighted by Crippen LogP contribution is 2.13. The number of nitrogens with one attached hydrogen (secondary N) is 2. The van der Waals surface area contributed by atoms with Crippen molar-refractivity contribution < 1.29 is 19.5 Å². The number of hydrogen-bond donors (Lipinski definition) is 3. The number of carbonyl (C=O) groups is 3. The molecule has 0 radical (unpaired) electrons. The van der Waals surface area contributed by atoms with Gasteiger partial charge in [-0.1, -0.05) is 18.2 Å². The maximum absolute atomic E-state index is 12.0. The number of aromatic carboxylic acids is 1. The summed E-state index contributed by atoms with van der Waals surface area (Å²) in [6.07, 6.45) is 0.150. The summed E-state index contributed by atoms with van der Waals surface area (Å²) in [5, 5.41) is 14.2. The number of amides is 2. The molecule has 0 saturated heterocycles. The number of hydrogen-bond acceptors (Lipinski definition) is 3. The fourth-order valence-corrected chi connectivity index (χ4v) is 2.03. The van der Waals surface area contributed by atoms with Crippen molar-refractivity contribution in [1.82, 2.24) is 0 Å². The van der Waals surface area contributed by atoms with Gasteiger partial charge in [-0.15, -0.1) is 0 Å². The largest absolute Gasteiger partial charge is 0.478 e. The second kappa shape index (κ2) is 7.22. The maximum Gasteiger partial charge on any atom is 0.335 e. The molecule has 0 unspecified atom stereocenters. The molecule has 0 aliphatic carbocycles. The number of anilines is 2. The molecule has 0 spiro atoms. The van der Waals surface area contributed by atoms with Crippen LogP contribution in [-0.4, -0.2) is 22.9 Å². The van der Waals surface area contributed by atoms with E-state index in [0.29, 0.717) is 11.4 Å². The lowest BCUT2D eigenvalue weighted by molar-refractivity contribution is -0.116. The van der Waals surface area contributed by atoms with E-state index in [1.807, 2.05) is 0 Å². The monoisotopic (exact) mass is 312 g/mol. The quantitative estimate of drug-likeness (QED) is 0.790. The van der Waals surface area contributed by atoms with Crippen molar-refractivity contribution in [3.63, 3.8) is 0 Å². The van der Waals surface area contributed by atoms with Gasteiger partial charge >= 0.3 is 5.97 Å². The molecule has 3 N–H and O–H groups in total. The molecule has 6 heteroatoms. The van der Waals surface area contributed by atoms with Gasteiger partial charge in [-0.2, -0.15) is 0 Å². The maximum atomic E-state index is 12.0. The third-order valence-electron chi connectivity index (χ3n) is 3.03. The van der Waals surface area contributed by atoms with Gasteiger partial charge in [-0.05, 0) is 35.9 Å². The van der Waals surface area contributed by atoms with Crippen LogP contribution in [0.15, 0.2) is 48.5 Å². The summed E-state index contributed by atoms with van der Waals surface area (Å²) in [5.74, 6) is -1.46. The molecule has 0 saturated carbocycles. The fourth-order valence-electron chi connectivity index (χ4n) is 2.03. The molecule has 0 atom stereocenters. The normalized spacial score (nSPS) is 9.96. The Hall–Kier alpha value is -3.15. The molecule has 2 aromatic carbocycles. The first-order chi connectivity index (χ1) is 10.9. The number of rotatable bonds is 5. The summed E-state index contributed by atoms with van der Waals surface area (Å²) in [7, 11) is 0. The van der Waals surface area contributed by atoms with Gasteiger partial charge in [-0.3, -0.25) is 9.59 Å². The predicted molar refractivity (Wildman–Crippen MR) is 86.5 cm³/mol. The molecule has 0 heterocycles. The average molecular weight is 312 g/mol. The number of carboxylic acids is 1. The van der Waals surface area contributed by atoms with E-state index >= 15 is 0 Å². The van der Waals surface area contributed by atoms with Crippen molar-refractivity contribution in [2.75, 3.05) is 10.6 Å². The van der Waals surface area contributed by atoms with Gasteiger partial charge in [0, 0.05) is 18.3 Å². The Morgan fingerprint density at radius 2 is 1.65 bits per heavy atom. The van der Waals surface area contributed by atoms with Crippen LogP contribution in [0, 0.1) is 0 Å². The number of benzene rings is 2. The summed E-state index contributed by atoms with van der Waals surface area (Å²) < 4.78 is 0. The van der Waals surface area contributed by atoms with Gasteiger partial charge in [0.2, 0.25) is 11.8 Å². The lowest BCUT2D eigenvalue weighted by atomic mass is 10.1. The van der Waals surface area contributed by atoms with Crippen molar-refractivity contribution >= 4 is 29.2 Å². The van der Waals surface area contributed by atoms with Crippen LogP contribution in [0.1, 0.15) is 22.8 Å². The van der Waals surface area contributed by atoms with E-state index < -0.39 is 5.97 Å². The van der Waals surface area contributed by atoms with Crippen molar-refractivity contribution in [2.24, 2.45) is 0 Å². The average Bonchev–Trinajstić information content (AvgIpc) is 2.49. The van der Waals surface area contributed by atoms with Crippen molar-refractivity contribution in [2.45, 2.75) is 13.3 Å². The van der Waals surface area contributed by atoms with Gasteiger partial charge in [-0.25, -0.2) is 4.79 Å². The van der Waals surface area contributed by atoms with E-state index in [1.54, 1.807) is 36.4 Å². The lowest BCUT2D eigenvalue weighted by Gasteiger charge is -2.07. The summed E-state index contributed by atoms with van der Waals surface area (Å²) in [4.78, 5) is 33.8. The van der Waals surface area contributed by atoms with Gasteiger partial charge in [0.15, 0.2) is 0 Å². The zero-order chi connectivity index (χ0) is 16.8. The Morgan fingerprint density at radius 1 is 0.957 bits per heavy atom. The molecule has 0 aromatic heterocycles. The van der Waals surface area contributed by atoms with Crippen LogP contribution in [0.25, 0.3) is 0 Å². The molecule has 0 aliphatic rings. The Bertz CT molecular complexity index is 739. The first-order valence-electron chi connectivity index (χ1n) is 6.94. The summed E-state index contributed by atoms with van der Waals surface area (Å²) in [5.41, 5.74) is 1.99. The van der Waals surface area contributed by atoms with E-state index in [9.17, 15) is 14.4 Å². The Labute approximate surface area is 133 Å². The Kier molecular flexibility index (Phi) is 5.09. The third kappa shape index (κ3) is 4.96. The van der Waals surface area contributed by atoms with Crippen LogP contribution in [0.4, 0.5) is 11.4 Å². The molecule has 118 valence electrons. The highest BCUT2D eigenvalue weighted by molar-refractivity contribution is 5.95. The first kappa shape index (κ1) is 16.2. The molecule has 0 bridgehead atoms. The van der Waals surface area contributed by atoms with E-state index in [4.69, 9.17) is 5.11 Å². The second-order valence-electron chi connectivity index (χ2n) is 4.99. The van der Waals surface area contributed by atoms with Crippen molar-refractivity contribution in [3.8, 4) is 0 Å². The van der Waals surface area contributed by atoms with E-state index in [0.717, 1.165) is 5.56 Å². The van der Waals surface area contributed by atoms with Crippen molar-refractivity contribution in [1.29, 1.82) is 0 Å². The second-order valence-corrected chi connectivity index (χ2v) is 4.99. The molecule has 2 rings (SSSR count). The van der Waals surface area contributed by atoms with Crippen LogP contribution in [-0.2, 0) is 16.0 Å². The van der Waals surface area contributed by atoms with Gasteiger partial charge in [0.25, 0.3) is 0 Å². The smallest absolute Gasteiger partial charge is 0.335 e. The minimum Gasteiger partial charge on any atom is -0.478 e. The van der Waals surface area contributed by atoms with Gasteiger partial charge in [0.1, 0.15) is 0 Å². The molecule has 2 aromatic rings. The lowest BCUT2D eigenvalue weighted by Crippen LogP contribution is -2.15. The van der Waals surface area contributed by atoms with Crippen LogP contribution in [0.2, 0.25) is 0 Å². The molecule has 6 nitrogen and oxygen atoms in total. The van der Waals surface area contributed by atoms with Crippen LogP contribution >= 0.6 is 0 Å². The highest BCUT2D eigenvalue weighted by Gasteiger charge is 2.07. The standard InChI is InChI=1S/C17H16N2O4/c1-11(20)18-14-7-5-12(6-8-14)9-16(21)19-15-4-2-3-13(10-15)17(22)23/h2-8,10H,9H2,1H3,(H,18,20)(H,19,21)(H,22,23). The molecule has 0 fully saturated rings. The van der Waals surface area contributed by atoms with Crippen LogP contribution in [0.3, 0.4) is 0 Å². The minimum absolute atomic E-state index is 0.113. The zero-order valence-electron chi connectivity index (χ0n) is 12.5. The molecular weight excluding hydrogens is 296 g/mol. The van der Waals surface area contributed by atoms with Gasteiger partial charge < -0.3 is 15.7 Å². The molecular formula is C17H16N2O4. The Morgan fingerprint density at radius 3 is 2.26 bits per heavy atom. The van der Waals surface area contributed by atoms with Gasteiger partial charge in [0.05, 0.1) is 12.0 Å². The summed E-state index contributed by atoms with van der Waals surface area (Å²) in [6.45, 7) is 1.42. The zero-order valence-corrected chi connectivity index (χ0v) is 12.5. The summed E-state index contributed by atoms with van der Waals surface area (Å²) in [6, 6.07) is 13.0. The van der Waals surface area contributed by atoms with E-state index in [-0.39, 0.29) is 23.8 Å². The topological polar surface area (TPSA) is 95.5 Å². The summed E-state index contributed by atoms with van der Waals surface area (Å²) >= 11 is 0. The predicted octanol–water partition coefficient (Wildman–Crippen LogP) is 2.52. The van der Waals surface area contributed by atoms with Crippen molar-refractivity contribution in [3.05, 3.63) is 59.7 Å². The highest BCUT2D eigenvalue weighted by atomic mass is 16.4. The molecule has 2 amide bonds. The minimum atomic E-state index is -1.05. The number of carboxylic acid groups (broad SMARTS) is 1. The van der Waals surface area contributed by atoms with E-state index in [1.165, 1.54) is 19.1 Å².